The monoisotopic (exact) mass is 496 g/mol. The SMILES string of the molecule is C[C@@H](OCc1ccccc1)c1cc(F)ccc1-n1nc(C(F)F)cc1C(O)c1cnn(CC2CC2)c1. The topological polar surface area (TPSA) is 65.1 Å². The second-order valence-electron chi connectivity index (χ2n) is 9.19. The molecule has 0 radical (unpaired) electrons. The summed E-state index contributed by atoms with van der Waals surface area (Å²) in [5.41, 5.74) is 1.84. The zero-order chi connectivity index (χ0) is 25.2. The Bertz CT molecular complexity index is 1320. The summed E-state index contributed by atoms with van der Waals surface area (Å²) in [5.74, 6) is 0.0959. The summed E-state index contributed by atoms with van der Waals surface area (Å²) in [5, 5.41) is 19.6. The van der Waals surface area contributed by atoms with E-state index in [9.17, 15) is 18.3 Å². The van der Waals surface area contributed by atoms with Crippen molar-refractivity contribution in [3.05, 3.63) is 101 Å². The van der Waals surface area contributed by atoms with Crippen LogP contribution in [-0.2, 0) is 17.9 Å². The number of hydrogen-bond acceptors (Lipinski definition) is 4. The molecular formula is C27H27F3N4O2. The fourth-order valence-electron chi connectivity index (χ4n) is 4.19. The first-order valence-electron chi connectivity index (χ1n) is 11.9. The van der Waals surface area contributed by atoms with E-state index < -0.39 is 30.1 Å². The highest BCUT2D eigenvalue weighted by atomic mass is 19.3. The molecule has 1 fully saturated rings. The summed E-state index contributed by atoms with van der Waals surface area (Å²) in [6.45, 7) is 2.80. The first-order valence-corrected chi connectivity index (χ1v) is 11.9. The van der Waals surface area contributed by atoms with Gasteiger partial charge in [-0.25, -0.2) is 17.9 Å². The molecule has 188 valence electrons. The first kappa shape index (κ1) is 24.3. The number of aliphatic hydroxyl groups excluding tert-OH is 1. The quantitative estimate of drug-likeness (QED) is 0.296. The smallest absolute Gasteiger partial charge is 0.282 e. The van der Waals surface area contributed by atoms with Gasteiger partial charge in [-0.15, -0.1) is 0 Å². The van der Waals surface area contributed by atoms with Gasteiger partial charge in [0.25, 0.3) is 6.43 Å². The van der Waals surface area contributed by atoms with Crippen LogP contribution in [0.3, 0.4) is 0 Å². The average Bonchev–Trinajstić information content (AvgIpc) is 3.38. The number of halogens is 3. The van der Waals surface area contributed by atoms with Crippen molar-refractivity contribution in [2.45, 2.75) is 51.6 Å². The molecule has 5 rings (SSSR count). The Labute approximate surface area is 207 Å². The first-order chi connectivity index (χ1) is 17.4. The van der Waals surface area contributed by atoms with E-state index in [0.29, 0.717) is 22.7 Å². The average molecular weight is 497 g/mol. The van der Waals surface area contributed by atoms with Crippen LogP contribution in [-0.4, -0.2) is 24.7 Å². The maximum atomic E-state index is 14.3. The summed E-state index contributed by atoms with van der Waals surface area (Å²) < 4.78 is 50.6. The number of alkyl halides is 2. The van der Waals surface area contributed by atoms with Crippen LogP contribution in [0.2, 0.25) is 0 Å². The minimum atomic E-state index is -2.84. The van der Waals surface area contributed by atoms with E-state index in [1.807, 2.05) is 30.3 Å². The van der Waals surface area contributed by atoms with Crippen LogP contribution >= 0.6 is 0 Å². The molecule has 0 aliphatic heterocycles. The number of benzene rings is 2. The normalized spacial score (nSPS) is 15.4. The Morgan fingerprint density at radius 1 is 1.11 bits per heavy atom. The maximum Gasteiger partial charge on any atom is 0.282 e. The zero-order valence-corrected chi connectivity index (χ0v) is 19.8. The molecule has 2 aromatic heterocycles. The largest absolute Gasteiger partial charge is 0.382 e. The molecule has 2 heterocycles. The molecule has 2 atom stereocenters. The minimum absolute atomic E-state index is 0.138. The molecule has 0 bridgehead atoms. The molecule has 1 aliphatic carbocycles. The number of rotatable bonds is 10. The van der Waals surface area contributed by atoms with Gasteiger partial charge in [0, 0.05) is 23.9 Å². The third-order valence-electron chi connectivity index (χ3n) is 6.37. The fraction of sp³-hybridized carbons (Fsp3) is 0.333. The van der Waals surface area contributed by atoms with Crippen molar-refractivity contribution < 1.29 is 23.0 Å². The maximum absolute atomic E-state index is 14.3. The predicted molar refractivity (Wildman–Crippen MR) is 127 cm³/mol. The van der Waals surface area contributed by atoms with Gasteiger partial charge in [0.1, 0.15) is 17.6 Å². The van der Waals surface area contributed by atoms with E-state index in [1.54, 1.807) is 17.8 Å². The second kappa shape index (κ2) is 10.3. The molecule has 1 saturated carbocycles. The van der Waals surface area contributed by atoms with Crippen molar-refractivity contribution in [1.29, 1.82) is 0 Å². The Kier molecular flexibility index (Phi) is 6.93. The molecule has 0 amide bonds. The highest BCUT2D eigenvalue weighted by Crippen LogP contribution is 2.34. The predicted octanol–water partition coefficient (Wildman–Crippen LogP) is 5.92. The van der Waals surface area contributed by atoms with Gasteiger partial charge in [-0.3, -0.25) is 4.68 Å². The Morgan fingerprint density at radius 2 is 1.89 bits per heavy atom. The van der Waals surface area contributed by atoms with Crippen LogP contribution in [0.25, 0.3) is 5.69 Å². The standard InChI is InChI=1S/C27H27F3N4O2/c1-17(36-16-19-5-3-2-4-6-19)22-11-21(28)9-10-24(22)34-25(12-23(32-34)27(29)30)26(35)20-13-31-33(15-20)14-18-7-8-18/h2-6,9-13,15,17-18,26-27,35H,7-8,14,16H2,1H3/t17-,26?/m1/s1. The summed E-state index contributed by atoms with van der Waals surface area (Å²) in [7, 11) is 0. The highest BCUT2D eigenvalue weighted by Gasteiger charge is 2.27. The zero-order valence-electron chi connectivity index (χ0n) is 19.8. The Balaban J connectivity index is 1.48. The molecule has 1 unspecified atom stereocenters. The summed E-state index contributed by atoms with van der Waals surface area (Å²) in [4.78, 5) is 0. The molecule has 1 N–H and O–H groups in total. The van der Waals surface area contributed by atoms with Gasteiger partial charge >= 0.3 is 0 Å². The summed E-state index contributed by atoms with van der Waals surface area (Å²) in [6.07, 6.45) is 0.881. The lowest BCUT2D eigenvalue weighted by atomic mass is 10.1. The van der Waals surface area contributed by atoms with E-state index in [0.717, 1.165) is 24.9 Å². The molecule has 4 aromatic rings. The van der Waals surface area contributed by atoms with Crippen molar-refractivity contribution in [1.82, 2.24) is 19.6 Å². The van der Waals surface area contributed by atoms with Crippen LogP contribution in [0.15, 0.2) is 67.0 Å². The van der Waals surface area contributed by atoms with E-state index in [2.05, 4.69) is 10.2 Å². The lowest BCUT2D eigenvalue weighted by Gasteiger charge is -2.20. The third kappa shape index (κ3) is 5.37. The lowest BCUT2D eigenvalue weighted by Crippen LogP contribution is -2.13. The van der Waals surface area contributed by atoms with E-state index in [4.69, 9.17) is 4.74 Å². The molecule has 9 heteroatoms. The molecule has 36 heavy (non-hydrogen) atoms. The van der Waals surface area contributed by atoms with Gasteiger partial charge in [0.15, 0.2) is 0 Å². The number of aliphatic hydroxyl groups is 1. The van der Waals surface area contributed by atoms with Crippen molar-refractivity contribution >= 4 is 0 Å². The summed E-state index contributed by atoms with van der Waals surface area (Å²) in [6, 6.07) is 14.7. The Morgan fingerprint density at radius 3 is 2.61 bits per heavy atom. The minimum Gasteiger partial charge on any atom is -0.382 e. The van der Waals surface area contributed by atoms with Gasteiger partial charge in [-0.2, -0.15) is 10.2 Å². The fourth-order valence-corrected chi connectivity index (χ4v) is 4.19. The second-order valence-corrected chi connectivity index (χ2v) is 9.19. The van der Waals surface area contributed by atoms with Gasteiger partial charge in [0.05, 0.1) is 30.3 Å². The molecule has 1 aliphatic rings. The number of nitrogens with zero attached hydrogens (tertiary/aromatic N) is 4. The molecule has 6 nitrogen and oxygen atoms in total. The molecule has 0 spiro atoms. The number of ether oxygens (including phenoxy) is 1. The lowest BCUT2D eigenvalue weighted by molar-refractivity contribution is 0.0522. The number of aromatic nitrogens is 4. The number of hydrogen-bond donors (Lipinski definition) is 1. The summed E-state index contributed by atoms with van der Waals surface area (Å²) >= 11 is 0. The Hall–Kier alpha value is -3.43. The van der Waals surface area contributed by atoms with Crippen LogP contribution in [0.4, 0.5) is 13.2 Å². The van der Waals surface area contributed by atoms with Gasteiger partial charge < -0.3 is 9.84 Å². The van der Waals surface area contributed by atoms with Crippen LogP contribution < -0.4 is 0 Å². The highest BCUT2D eigenvalue weighted by molar-refractivity contribution is 5.45. The van der Waals surface area contributed by atoms with Crippen LogP contribution in [0, 0.1) is 11.7 Å². The third-order valence-corrected chi connectivity index (χ3v) is 6.37. The van der Waals surface area contributed by atoms with Crippen LogP contribution in [0.1, 0.15) is 66.5 Å². The van der Waals surface area contributed by atoms with Gasteiger partial charge in [0.2, 0.25) is 0 Å². The van der Waals surface area contributed by atoms with E-state index >= 15 is 0 Å². The molecule has 0 saturated heterocycles. The van der Waals surface area contributed by atoms with Gasteiger partial charge in [-0.05, 0) is 55.5 Å². The van der Waals surface area contributed by atoms with Crippen molar-refractivity contribution in [3.63, 3.8) is 0 Å². The van der Waals surface area contributed by atoms with Crippen molar-refractivity contribution in [2.24, 2.45) is 5.92 Å². The van der Waals surface area contributed by atoms with Crippen molar-refractivity contribution in [3.8, 4) is 5.69 Å². The van der Waals surface area contributed by atoms with E-state index in [1.165, 1.54) is 35.1 Å². The molecule has 2 aromatic carbocycles. The van der Waals surface area contributed by atoms with Gasteiger partial charge in [-0.1, -0.05) is 30.3 Å². The van der Waals surface area contributed by atoms with Crippen LogP contribution in [0.5, 0.6) is 0 Å². The van der Waals surface area contributed by atoms with E-state index in [-0.39, 0.29) is 12.3 Å². The molecular weight excluding hydrogens is 469 g/mol. The van der Waals surface area contributed by atoms with Crippen molar-refractivity contribution in [2.75, 3.05) is 0 Å².